The van der Waals surface area contributed by atoms with E-state index in [1.807, 2.05) is 49.3 Å². The Morgan fingerprint density at radius 1 is 1.10 bits per heavy atom. The number of aromatic nitrogens is 3. The standard InChI is InChI=1S/C23H21N5O2S/c1-27(2)19-18-20(25-22(31-18)14-11-12-14)28(23(30)26-19)17-10-6-7-15(13-17)21(29)24-16-8-4-3-5-9-16/h3-10,13-14H,11-12H2,1-2H3,(H,24,29). The molecule has 2 aromatic carbocycles. The molecule has 7 nitrogen and oxygen atoms in total. The Kier molecular flexibility index (Phi) is 4.78. The van der Waals surface area contributed by atoms with Gasteiger partial charge in [0, 0.05) is 31.3 Å². The second-order valence-corrected chi connectivity index (χ2v) is 8.83. The minimum atomic E-state index is -0.413. The van der Waals surface area contributed by atoms with Crippen LogP contribution in [0.1, 0.15) is 34.1 Å². The zero-order valence-electron chi connectivity index (χ0n) is 17.2. The highest BCUT2D eigenvalue weighted by Crippen LogP contribution is 2.44. The lowest BCUT2D eigenvalue weighted by atomic mass is 10.1. The third-order valence-electron chi connectivity index (χ3n) is 5.18. The Hall–Kier alpha value is -3.52. The van der Waals surface area contributed by atoms with Crippen molar-refractivity contribution in [1.29, 1.82) is 0 Å². The molecule has 2 aromatic heterocycles. The summed E-state index contributed by atoms with van der Waals surface area (Å²) in [5, 5.41) is 3.92. The summed E-state index contributed by atoms with van der Waals surface area (Å²) >= 11 is 1.60. The molecule has 2 heterocycles. The van der Waals surface area contributed by atoms with Crippen molar-refractivity contribution in [3.63, 3.8) is 0 Å². The maximum atomic E-state index is 13.0. The van der Waals surface area contributed by atoms with Crippen LogP contribution in [0.15, 0.2) is 59.4 Å². The Bertz CT molecular complexity index is 1340. The minimum Gasteiger partial charge on any atom is -0.361 e. The van der Waals surface area contributed by atoms with Crippen molar-refractivity contribution in [2.45, 2.75) is 18.8 Å². The first-order valence-corrected chi connectivity index (χ1v) is 10.9. The average Bonchev–Trinajstić information content (AvgIpc) is 3.53. The number of rotatable bonds is 5. The second-order valence-electron chi connectivity index (χ2n) is 7.80. The molecule has 0 aliphatic heterocycles. The SMILES string of the molecule is CN(C)c1nc(=O)n(-c2cccc(C(=O)Nc3ccccc3)c2)c2nc(C3CC3)sc12. The van der Waals surface area contributed by atoms with E-state index in [1.54, 1.807) is 35.6 Å². The summed E-state index contributed by atoms with van der Waals surface area (Å²) in [5.41, 5.74) is 1.92. The zero-order valence-corrected chi connectivity index (χ0v) is 18.0. The van der Waals surface area contributed by atoms with Gasteiger partial charge in [-0.25, -0.2) is 14.3 Å². The normalized spacial score (nSPS) is 13.4. The minimum absolute atomic E-state index is 0.243. The molecule has 1 aliphatic carbocycles. The predicted octanol–water partition coefficient (Wildman–Crippen LogP) is 4.04. The molecule has 1 saturated carbocycles. The molecule has 0 unspecified atom stereocenters. The molecule has 5 rings (SSSR count). The van der Waals surface area contributed by atoms with Crippen LogP contribution in [0.3, 0.4) is 0 Å². The highest BCUT2D eigenvalue weighted by molar-refractivity contribution is 7.19. The van der Waals surface area contributed by atoms with Gasteiger partial charge in [-0.2, -0.15) is 4.98 Å². The Balaban J connectivity index is 1.60. The molecule has 0 spiro atoms. The van der Waals surface area contributed by atoms with Crippen molar-refractivity contribution in [2.75, 3.05) is 24.3 Å². The van der Waals surface area contributed by atoms with Crippen molar-refractivity contribution in [3.05, 3.63) is 75.7 Å². The molecular weight excluding hydrogens is 410 g/mol. The summed E-state index contributed by atoms with van der Waals surface area (Å²) in [7, 11) is 3.74. The van der Waals surface area contributed by atoms with Gasteiger partial charge in [-0.3, -0.25) is 4.79 Å². The fraction of sp³-hybridized carbons (Fsp3) is 0.217. The molecule has 156 valence electrons. The predicted molar refractivity (Wildman–Crippen MR) is 124 cm³/mol. The first-order valence-electron chi connectivity index (χ1n) is 10.1. The summed E-state index contributed by atoms with van der Waals surface area (Å²) in [6.07, 6.45) is 2.26. The zero-order chi connectivity index (χ0) is 21.5. The number of nitrogens with zero attached hydrogens (tertiary/aromatic N) is 4. The van der Waals surface area contributed by atoms with Gasteiger partial charge in [0.05, 0.1) is 10.7 Å². The molecule has 0 atom stereocenters. The largest absolute Gasteiger partial charge is 0.361 e. The average molecular weight is 432 g/mol. The number of fused-ring (bicyclic) bond motifs is 1. The first-order chi connectivity index (χ1) is 15.0. The van der Waals surface area contributed by atoms with E-state index in [-0.39, 0.29) is 5.91 Å². The summed E-state index contributed by atoms with van der Waals surface area (Å²) in [6, 6.07) is 16.3. The molecule has 4 aromatic rings. The molecule has 1 N–H and O–H groups in total. The lowest BCUT2D eigenvalue weighted by Gasteiger charge is -2.14. The van der Waals surface area contributed by atoms with Crippen LogP contribution in [0.5, 0.6) is 0 Å². The van der Waals surface area contributed by atoms with E-state index < -0.39 is 5.69 Å². The smallest absolute Gasteiger partial charge is 0.355 e. The van der Waals surface area contributed by atoms with Gasteiger partial charge in [0.2, 0.25) is 0 Å². The number of carbonyl (C=O) groups is 1. The first kappa shape index (κ1) is 19.4. The summed E-state index contributed by atoms with van der Waals surface area (Å²) < 4.78 is 2.38. The van der Waals surface area contributed by atoms with Gasteiger partial charge in [-0.05, 0) is 43.2 Å². The number of amides is 1. The molecule has 1 fully saturated rings. The lowest BCUT2D eigenvalue weighted by molar-refractivity contribution is 0.102. The lowest BCUT2D eigenvalue weighted by Crippen LogP contribution is -2.25. The Morgan fingerprint density at radius 2 is 1.87 bits per heavy atom. The number of para-hydroxylation sites is 1. The van der Waals surface area contributed by atoms with E-state index in [2.05, 4.69) is 10.3 Å². The number of hydrogen-bond acceptors (Lipinski definition) is 6. The topological polar surface area (TPSA) is 80.1 Å². The van der Waals surface area contributed by atoms with E-state index >= 15 is 0 Å². The number of benzene rings is 2. The third kappa shape index (κ3) is 3.70. The van der Waals surface area contributed by atoms with E-state index in [0.29, 0.717) is 34.3 Å². The maximum absolute atomic E-state index is 13.0. The molecule has 1 aliphatic rings. The molecule has 0 bridgehead atoms. The van der Waals surface area contributed by atoms with Crippen molar-refractivity contribution >= 4 is 39.1 Å². The molecular formula is C23H21N5O2S. The highest BCUT2D eigenvalue weighted by Gasteiger charge is 2.29. The van der Waals surface area contributed by atoms with Crippen LogP contribution in [0, 0.1) is 0 Å². The van der Waals surface area contributed by atoms with Gasteiger partial charge in [0.1, 0.15) is 4.70 Å². The van der Waals surface area contributed by atoms with Crippen LogP contribution in [0.2, 0.25) is 0 Å². The second kappa shape index (κ2) is 7.63. The fourth-order valence-electron chi connectivity index (χ4n) is 3.46. The van der Waals surface area contributed by atoms with Gasteiger partial charge in [-0.1, -0.05) is 24.3 Å². The van der Waals surface area contributed by atoms with Crippen LogP contribution >= 0.6 is 11.3 Å². The Morgan fingerprint density at radius 3 is 2.58 bits per heavy atom. The number of carbonyl (C=O) groups excluding carboxylic acids is 1. The summed E-state index contributed by atoms with van der Waals surface area (Å²) in [5.74, 6) is 0.852. The van der Waals surface area contributed by atoms with Gasteiger partial charge in [-0.15, -0.1) is 11.3 Å². The number of anilines is 2. The highest BCUT2D eigenvalue weighted by atomic mass is 32.1. The van der Waals surface area contributed by atoms with Crippen molar-refractivity contribution in [3.8, 4) is 5.69 Å². The van der Waals surface area contributed by atoms with Crippen molar-refractivity contribution < 1.29 is 4.79 Å². The van der Waals surface area contributed by atoms with E-state index in [1.165, 1.54) is 4.57 Å². The monoisotopic (exact) mass is 431 g/mol. The number of hydrogen-bond donors (Lipinski definition) is 1. The van der Waals surface area contributed by atoms with Crippen LogP contribution in [-0.2, 0) is 0 Å². The van der Waals surface area contributed by atoms with Crippen LogP contribution < -0.4 is 15.9 Å². The Labute approximate surface area is 183 Å². The third-order valence-corrected chi connectivity index (χ3v) is 6.38. The van der Waals surface area contributed by atoms with Crippen molar-refractivity contribution in [2.24, 2.45) is 0 Å². The van der Waals surface area contributed by atoms with E-state index in [9.17, 15) is 9.59 Å². The maximum Gasteiger partial charge on any atom is 0.355 e. The number of thiazole rings is 1. The summed E-state index contributed by atoms with van der Waals surface area (Å²) in [4.78, 5) is 36.7. The molecule has 0 radical (unpaired) electrons. The quantitative estimate of drug-likeness (QED) is 0.516. The fourth-order valence-corrected chi connectivity index (χ4v) is 4.75. The van der Waals surface area contributed by atoms with Crippen LogP contribution in [0.4, 0.5) is 11.5 Å². The van der Waals surface area contributed by atoms with Gasteiger partial charge in [0.15, 0.2) is 11.5 Å². The molecule has 8 heteroatoms. The van der Waals surface area contributed by atoms with Gasteiger partial charge in [0.25, 0.3) is 5.91 Å². The molecule has 0 saturated heterocycles. The summed E-state index contributed by atoms with van der Waals surface area (Å²) in [6.45, 7) is 0. The van der Waals surface area contributed by atoms with Gasteiger partial charge < -0.3 is 10.2 Å². The van der Waals surface area contributed by atoms with Crippen LogP contribution in [-0.4, -0.2) is 34.5 Å². The van der Waals surface area contributed by atoms with Crippen LogP contribution in [0.25, 0.3) is 16.0 Å². The number of nitrogens with one attached hydrogen (secondary N) is 1. The van der Waals surface area contributed by atoms with Gasteiger partial charge >= 0.3 is 5.69 Å². The van der Waals surface area contributed by atoms with Crippen molar-refractivity contribution in [1.82, 2.24) is 14.5 Å². The molecule has 1 amide bonds. The molecule has 31 heavy (non-hydrogen) atoms. The van der Waals surface area contributed by atoms with E-state index in [0.717, 1.165) is 22.5 Å². The van der Waals surface area contributed by atoms with E-state index in [4.69, 9.17) is 4.98 Å².